The number of fused-ring (bicyclic) bond motifs is 2. The zero-order valence-electron chi connectivity index (χ0n) is 18.5. The van der Waals surface area contributed by atoms with E-state index in [0.29, 0.717) is 30.9 Å². The third kappa shape index (κ3) is 5.09. The highest BCUT2D eigenvalue weighted by molar-refractivity contribution is 7.99. The van der Waals surface area contributed by atoms with Crippen molar-refractivity contribution >= 4 is 29.3 Å². The normalized spacial score (nSPS) is 20.8. The number of carbonyl (C=O) groups is 2. The van der Waals surface area contributed by atoms with E-state index >= 15 is 0 Å². The molecule has 0 bridgehead atoms. The van der Waals surface area contributed by atoms with E-state index in [1.165, 1.54) is 0 Å². The van der Waals surface area contributed by atoms with Crippen LogP contribution < -0.4 is 4.90 Å². The summed E-state index contributed by atoms with van der Waals surface area (Å²) in [5.41, 5.74) is 1.88. The fourth-order valence-corrected chi connectivity index (χ4v) is 5.42. The lowest BCUT2D eigenvalue weighted by Gasteiger charge is -2.30. The number of benzene rings is 2. The summed E-state index contributed by atoms with van der Waals surface area (Å²) in [6.45, 7) is 5.40. The summed E-state index contributed by atoms with van der Waals surface area (Å²) in [6, 6.07) is 13.2. The van der Waals surface area contributed by atoms with Gasteiger partial charge in [-0.3, -0.25) is 9.69 Å². The number of morpholine rings is 1. The molecular weight excluding hydrogens is 440 g/mol. The molecule has 0 aromatic heterocycles. The average molecular weight is 469 g/mol. The molecule has 2 aromatic carbocycles. The predicted molar refractivity (Wildman–Crippen MR) is 125 cm³/mol. The lowest BCUT2D eigenvalue weighted by Crippen LogP contribution is -2.43. The SMILES string of the molecule is O=C(OC[C@@H]1CCCO1)c1ccc2c(c1)N(CCN1CCOCC1)C(=O)c1ccccc1S2. The van der Waals surface area contributed by atoms with E-state index in [0.717, 1.165) is 54.6 Å². The molecule has 0 N–H and O–H groups in total. The number of nitrogens with zero attached hydrogens (tertiary/aromatic N) is 2. The fraction of sp³-hybridized carbons (Fsp3) is 0.440. The number of ether oxygens (including phenoxy) is 3. The number of hydrogen-bond acceptors (Lipinski definition) is 7. The monoisotopic (exact) mass is 468 g/mol. The third-order valence-corrected chi connectivity index (χ3v) is 7.38. The van der Waals surface area contributed by atoms with Crippen molar-refractivity contribution in [3.05, 3.63) is 53.6 Å². The van der Waals surface area contributed by atoms with E-state index in [1.54, 1.807) is 28.8 Å². The summed E-state index contributed by atoms with van der Waals surface area (Å²) in [6.07, 6.45) is 1.89. The Hall–Kier alpha value is -2.39. The molecule has 7 nitrogen and oxygen atoms in total. The van der Waals surface area contributed by atoms with Gasteiger partial charge in [-0.05, 0) is 43.2 Å². The molecule has 0 aliphatic carbocycles. The third-order valence-electron chi connectivity index (χ3n) is 6.24. The predicted octanol–water partition coefficient (Wildman–Crippen LogP) is 3.47. The Labute approximate surface area is 198 Å². The van der Waals surface area contributed by atoms with Crippen molar-refractivity contribution in [2.24, 2.45) is 0 Å². The van der Waals surface area contributed by atoms with E-state index in [-0.39, 0.29) is 24.6 Å². The Kier molecular flexibility index (Phi) is 6.96. The minimum Gasteiger partial charge on any atom is -0.459 e. The zero-order chi connectivity index (χ0) is 22.6. The summed E-state index contributed by atoms with van der Waals surface area (Å²) in [4.78, 5) is 32.3. The molecule has 8 heteroatoms. The molecule has 5 rings (SSSR count). The van der Waals surface area contributed by atoms with E-state index in [1.807, 2.05) is 30.3 Å². The molecule has 33 heavy (non-hydrogen) atoms. The van der Waals surface area contributed by atoms with Gasteiger partial charge in [-0.1, -0.05) is 23.9 Å². The highest BCUT2D eigenvalue weighted by Crippen LogP contribution is 2.41. The van der Waals surface area contributed by atoms with Gasteiger partial charge in [0.15, 0.2) is 0 Å². The van der Waals surface area contributed by atoms with Crippen LogP contribution >= 0.6 is 11.8 Å². The van der Waals surface area contributed by atoms with Gasteiger partial charge >= 0.3 is 5.97 Å². The molecule has 2 fully saturated rings. The van der Waals surface area contributed by atoms with Crippen molar-refractivity contribution in [2.75, 3.05) is 57.5 Å². The van der Waals surface area contributed by atoms with Crippen molar-refractivity contribution in [3.8, 4) is 0 Å². The smallest absolute Gasteiger partial charge is 0.338 e. The van der Waals surface area contributed by atoms with Crippen LogP contribution in [0.4, 0.5) is 5.69 Å². The molecule has 0 unspecified atom stereocenters. The van der Waals surface area contributed by atoms with Crippen LogP contribution in [0, 0.1) is 0 Å². The second-order valence-electron chi connectivity index (χ2n) is 8.43. The van der Waals surface area contributed by atoms with Gasteiger partial charge in [0.25, 0.3) is 5.91 Å². The Balaban J connectivity index is 1.40. The summed E-state index contributed by atoms with van der Waals surface area (Å²) < 4.78 is 16.5. The molecule has 3 aliphatic rings. The number of carbonyl (C=O) groups excluding carboxylic acids is 2. The maximum Gasteiger partial charge on any atom is 0.338 e. The molecule has 0 spiro atoms. The molecule has 1 atom stereocenters. The van der Waals surface area contributed by atoms with Gasteiger partial charge in [0.05, 0.1) is 36.1 Å². The van der Waals surface area contributed by atoms with Crippen LogP contribution in [-0.2, 0) is 14.2 Å². The Morgan fingerprint density at radius 2 is 1.91 bits per heavy atom. The van der Waals surface area contributed by atoms with Crippen LogP contribution in [0.5, 0.6) is 0 Å². The maximum atomic E-state index is 13.6. The van der Waals surface area contributed by atoms with Crippen molar-refractivity contribution < 1.29 is 23.8 Å². The van der Waals surface area contributed by atoms with Crippen LogP contribution in [0.1, 0.15) is 33.6 Å². The molecule has 2 saturated heterocycles. The number of anilines is 1. The van der Waals surface area contributed by atoms with E-state index in [2.05, 4.69) is 4.90 Å². The Morgan fingerprint density at radius 1 is 1.06 bits per heavy atom. The first kappa shape index (κ1) is 22.4. The maximum absolute atomic E-state index is 13.6. The van der Waals surface area contributed by atoms with Gasteiger partial charge < -0.3 is 19.1 Å². The molecule has 0 radical (unpaired) electrons. The summed E-state index contributed by atoms with van der Waals surface area (Å²) in [5.74, 6) is -0.435. The summed E-state index contributed by atoms with van der Waals surface area (Å²) >= 11 is 1.56. The van der Waals surface area contributed by atoms with Crippen molar-refractivity contribution in [1.82, 2.24) is 4.90 Å². The van der Waals surface area contributed by atoms with Gasteiger partial charge in [0.1, 0.15) is 6.61 Å². The van der Waals surface area contributed by atoms with Gasteiger partial charge in [-0.15, -0.1) is 0 Å². The summed E-state index contributed by atoms with van der Waals surface area (Å²) in [7, 11) is 0. The largest absolute Gasteiger partial charge is 0.459 e. The summed E-state index contributed by atoms with van der Waals surface area (Å²) in [5, 5.41) is 0. The quantitative estimate of drug-likeness (QED) is 0.602. The van der Waals surface area contributed by atoms with E-state index in [4.69, 9.17) is 14.2 Å². The number of hydrogen-bond donors (Lipinski definition) is 0. The highest BCUT2D eigenvalue weighted by atomic mass is 32.2. The van der Waals surface area contributed by atoms with Crippen molar-refractivity contribution in [2.45, 2.75) is 28.7 Å². The van der Waals surface area contributed by atoms with Gasteiger partial charge in [-0.2, -0.15) is 0 Å². The number of rotatable bonds is 6. The van der Waals surface area contributed by atoms with E-state index < -0.39 is 0 Å². The number of esters is 1. The first-order chi connectivity index (χ1) is 16.2. The van der Waals surface area contributed by atoms with Gasteiger partial charge in [-0.25, -0.2) is 4.79 Å². The molecule has 3 aliphatic heterocycles. The lowest BCUT2D eigenvalue weighted by atomic mass is 10.1. The topological polar surface area (TPSA) is 68.3 Å². The molecule has 1 amide bonds. The average Bonchev–Trinajstić information content (AvgIpc) is 3.34. The van der Waals surface area contributed by atoms with Crippen molar-refractivity contribution in [1.29, 1.82) is 0 Å². The minimum absolute atomic E-state index is 0.0218. The lowest BCUT2D eigenvalue weighted by molar-refractivity contribution is 0.0161. The van der Waals surface area contributed by atoms with Crippen LogP contribution in [0.25, 0.3) is 0 Å². The molecular formula is C25H28N2O5S. The first-order valence-electron chi connectivity index (χ1n) is 11.5. The highest BCUT2D eigenvalue weighted by Gasteiger charge is 2.29. The second kappa shape index (κ2) is 10.3. The molecule has 3 heterocycles. The van der Waals surface area contributed by atoms with Gasteiger partial charge in [0, 0.05) is 42.6 Å². The van der Waals surface area contributed by atoms with Crippen molar-refractivity contribution in [3.63, 3.8) is 0 Å². The van der Waals surface area contributed by atoms with Crippen LogP contribution in [-0.4, -0.2) is 75.5 Å². The minimum atomic E-state index is -0.388. The molecule has 2 aromatic rings. The zero-order valence-corrected chi connectivity index (χ0v) is 19.4. The molecule has 0 saturated carbocycles. The van der Waals surface area contributed by atoms with Crippen LogP contribution in [0.2, 0.25) is 0 Å². The van der Waals surface area contributed by atoms with E-state index in [9.17, 15) is 9.59 Å². The first-order valence-corrected chi connectivity index (χ1v) is 12.3. The number of amides is 1. The van der Waals surface area contributed by atoms with Gasteiger partial charge in [0.2, 0.25) is 0 Å². The molecule has 174 valence electrons. The second-order valence-corrected chi connectivity index (χ2v) is 9.51. The van der Waals surface area contributed by atoms with Crippen LogP contribution in [0.15, 0.2) is 52.3 Å². The standard InChI is InChI=1S/C25H28N2O5S/c28-24-20-5-1-2-6-22(20)33-23-8-7-18(25(29)32-17-19-4-3-13-31-19)16-21(23)27(24)10-9-26-11-14-30-15-12-26/h1-2,5-8,16,19H,3-4,9-15,17H2/t19-/m0/s1. The van der Waals surface area contributed by atoms with Crippen LogP contribution in [0.3, 0.4) is 0 Å². The fourth-order valence-electron chi connectivity index (χ4n) is 4.36. The Morgan fingerprint density at radius 3 is 2.73 bits per heavy atom. The Bertz CT molecular complexity index is 1020.